The highest BCUT2D eigenvalue weighted by molar-refractivity contribution is 5.47. The lowest BCUT2D eigenvalue weighted by Gasteiger charge is -2.38. The van der Waals surface area contributed by atoms with Crippen LogP contribution in [0.15, 0.2) is 12.1 Å². The van der Waals surface area contributed by atoms with Gasteiger partial charge < -0.3 is 10.1 Å². The number of aryl methyl sites for hydroxylation is 2. The summed E-state index contributed by atoms with van der Waals surface area (Å²) in [5.74, 6) is 1.10. The number of hydrogen-bond donors (Lipinski definition) is 1. The van der Waals surface area contributed by atoms with Gasteiger partial charge in [0.1, 0.15) is 11.4 Å². The van der Waals surface area contributed by atoms with Gasteiger partial charge in [-0.25, -0.2) is 0 Å². The highest BCUT2D eigenvalue weighted by atomic mass is 16.5. The lowest BCUT2D eigenvalue weighted by atomic mass is 9.88. The Hall–Kier alpha value is -1.02. The average molecular weight is 231 g/mol. The van der Waals surface area contributed by atoms with E-state index in [0.29, 0.717) is 6.04 Å². The highest BCUT2D eigenvalue weighted by Gasteiger charge is 2.34. The van der Waals surface area contributed by atoms with E-state index in [1.807, 2.05) is 7.05 Å². The second kappa shape index (κ2) is 3.74. The van der Waals surface area contributed by atoms with E-state index < -0.39 is 0 Å². The number of fused-ring (bicyclic) bond motifs is 2. The van der Waals surface area contributed by atoms with Crippen molar-refractivity contribution < 1.29 is 4.74 Å². The second-order valence-corrected chi connectivity index (χ2v) is 5.92. The van der Waals surface area contributed by atoms with Crippen molar-refractivity contribution in [3.8, 4) is 5.75 Å². The second-order valence-electron chi connectivity index (χ2n) is 5.92. The fraction of sp³-hybridized carbons (Fsp3) is 0.600. The predicted molar refractivity (Wildman–Crippen MR) is 69.6 cm³/mol. The summed E-state index contributed by atoms with van der Waals surface area (Å²) in [6.07, 6.45) is 4.79. The van der Waals surface area contributed by atoms with Crippen LogP contribution in [0.3, 0.4) is 0 Å². The van der Waals surface area contributed by atoms with Gasteiger partial charge in [0.2, 0.25) is 0 Å². The molecule has 1 aliphatic heterocycles. The summed E-state index contributed by atoms with van der Waals surface area (Å²) >= 11 is 0. The molecule has 0 amide bonds. The van der Waals surface area contributed by atoms with Gasteiger partial charge in [-0.2, -0.15) is 0 Å². The van der Waals surface area contributed by atoms with E-state index in [0.717, 1.165) is 12.2 Å². The van der Waals surface area contributed by atoms with E-state index in [1.54, 1.807) is 0 Å². The van der Waals surface area contributed by atoms with Crippen molar-refractivity contribution in [1.29, 1.82) is 0 Å². The van der Waals surface area contributed by atoms with Crippen molar-refractivity contribution in [2.75, 3.05) is 7.05 Å². The quantitative estimate of drug-likeness (QED) is 0.802. The average Bonchev–Trinajstić information content (AvgIpc) is 2.71. The SMILES string of the molecule is CNC1CC(C)(C)Oc2cc3c(cc21)CCC3. The summed E-state index contributed by atoms with van der Waals surface area (Å²) < 4.78 is 6.14. The van der Waals surface area contributed by atoms with Crippen LogP contribution in [0, 0.1) is 0 Å². The van der Waals surface area contributed by atoms with Gasteiger partial charge in [-0.3, -0.25) is 0 Å². The Balaban J connectivity index is 2.08. The third-order valence-corrected chi connectivity index (χ3v) is 4.03. The van der Waals surface area contributed by atoms with Crippen molar-refractivity contribution in [2.45, 2.75) is 51.2 Å². The van der Waals surface area contributed by atoms with Gasteiger partial charge in [-0.05, 0) is 57.4 Å². The van der Waals surface area contributed by atoms with E-state index in [9.17, 15) is 0 Å². The van der Waals surface area contributed by atoms with Crippen molar-refractivity contribution >= 4 is 0 Å². The fourth-order valence-electron chi connectivity index (χ4n) is 3.18. The lowest BCUT2D eigenvalue weighted by Crippen LogP contribution is -2.38. The third-order valence-electron chi connectivity index (χ3n) is 4.03. The molecule has 2 nitrogen and oxygen atoms in total. The minimum Gasteiger partial charge on any atom is -0.487 e. The summed E-state index contributed by atoms with van der Waals surface area (Å²) in [6, 6.07) is 5.08. The molecule has 1 aromatic carbocycles. The van der Waals surface area contributed by atoms with Gasteiger partial charge in [0.25, 0.3) is 0 Å². The molecule has 0 radical (unpaired) electrons. The molecule has 3 rings (SSSR count). The number of nitrogens with one attached hydrogen (secondary N) is 1. The molecule has 1 N–H and O–H groups in total. The Morgan fingerprint density at radius 1 is 1.24 bits per heavy atom. The molecule has 0 spiro atoms. The van der Waals surface area contributed by atoms with Gasteiger partial charge in [-0.15, -0.1) is 0 Å². The molecule has 0 bridgehead atoms. The molecular weight excluding hydrogens is 210 g/mol. The third kappa shape index (κ3) is 1.85. The van der Waals surface area contributed by atoms with Gasteiger partial charge in [0.05, 0.1) is 0 Å². The van der Waals surface area contributed by atoms with Crippen molar-refractivity contribution in [3.63, 3.8) is 0 Å². The van der Waals surface area contributed by atoms with Crippen molar-refractivity contribution in [2.24, 2.45) is 0 Å². The zero-order valence-corrected chi connectivity index (χ0v) is 11.0. The molecule has 0 saturated carbocycles. The number of ether oxygens (including phenoxy) is 1. The van der Waals surface area contributed by atoms with Gasteiger partial charge in [-0.1, -0.05) is 6.07 Å². The Morgan fingerprint density at radius 3 is 2.65 bits per heavy atom. The number of benzene rings is 1. The van der Waals surface area contributed by atoms with Crippen LogP contribution in [-0.4, -0.2) is 12.6 Å². The van der Waals surface area contributed by atoms with E-state index >= 15 is 0 Å². The van der Waals surface area contributed by atoms with E-state index in [-0.39, 0.29) is 5.60 Å². The van der Waals surface area contributed by atoms with Gasteiger partial charge >= 0.3 is 0 Å². The van der Waals surface area contributed by atoms with Crippen molar-refractivity contribution in [3.05, 3.63) is 28.8 Å². The van der Waals surface area contributed by atoms with Crippen LogP contribution in [0.1, 0.15) is 49.4 Å². The Morgan fingerprint density at radius 2 is 1.94 bits per heavy atom. The maximum atomic E-state index is 6.14. The molecule has 0 aromatic heterocycles. The summed E-state index contributed by atoms with van der Waals surface area (Å²) in [6.45, 7) is 4.35. The lowest BCUT2D eigenvalue weighted by molar-refractivity contribution is 0.0674. The zero-order chi connectivity index (χ0) is 12.0. The summed E-state index contributed by atoms with van der Waals surface area (Å²) in [4.78, 5) is 0. The predicted octanol–water partition coefficient (Wildman–Crippen LogP) is 3.00. The molecule has 1 aliphatic carbocycles. The smallest absolute Gasteiger partial charge is 0.125 e. The largest absolute Gasteiger partial charge is 0.487 e. The van der Waals surface area contributed by atoms with Gasteiger partial charge in [0, 0.05) is 18.0 Å². The summed E-state index contributed by atoms with van der Waals surface area (Å²) in [5, 5.41) is 3.43. The Bertz CT molecular complexity index is 450. The number of rotatable bonds is 1. The first kappa shape index (κ1) is 11.1. The first-order valence-corrected chi connectivity index (χ1v) is 6.61. The van der Waals surface area contributed by atoms with Crippen LogP contribution >= 0.6 is 0 Å². The Labute approximate surface area is 103 Å². The van der Waals surface area contributed by atoms with Crippen LogP contribution in [0.2, 0.25) is 0 Å². The fourth-order valence-corrected chi connectivity index (χ4v) is 3.18. The van der Waals surface area contributed by atoms with Crippen LogP contribution in [0.4, 0.5) is 0 Å². The summed E-state index contributed by atoms with van der Waals surface area (Å²) in [5.41, 5.74) is 4.32. The Kier molecular flexibility index (Phi) is 2.44. The standard InChI is InChI=1S/C15H21NO/c1-15(2)9-13(16-3)12-7-10-5-4-6-11(10)8-14(12)17-15/h7-8,13,16H,4-6,9H2,1-3H3. The molecule has 2 aliphatic rings. The molecule has 17 heavy (non-hydrogen) atoms. The molecular formula is C15H21NO. The first-order chi connectivity index (χ1) is 8.09. The van der Waals surface area contributed by atoms with Crippen molar-refractivity contribution in [1.82, 2.24) is 5.32 Å². The molecule has 1 atom stereocenters. The minimum atomic E-state index is -0.0620. The van der Waals surface area contributed by atoms with Crippen LogP contribution in [0.25, 0.3) is 0 Å². The molecule has 2 heteroatoms. The highest BCUT2D eigenvalue weighted by Crippen LogP contribution is 2.42. The molecule has 0 fully saturated rings. The minimum absolute atomic E-state index is 0.0620. The molecule has 0 saturated heterocycles. The normalized spacial score (nSPS) is 25.0. The zero-order valence-electron chi connectivity index (χ0n) is 11.0. The summed E-state index contributed by atoms with van der Waals surface area (Å²) in [7, 11) is 2.04. The molecule has 1 heterocycles. The van der Waals surface area contributed by atoms with Gasteiger partial charge in [0.15, 0.2) is 0 Å². The van der Waals surface area contributed by atoms with E-state index in [2.05, 4.69) is 31.3 Å². The first-order valence-electron chi connectivity index (χ1n) is 6.61. The van der Waals surface area contributed by atoms with E-state index in [1.165, 1.54) is 36.0 Å². The topological polar surface area (TPSA) is 21.3 Å². The van der Waals surface area contributed by atoms with Crippen LogP contribution < -0.4 is 10.1 Å². The molecule has 92 valence electrons. The molecule has 1 unspecified atom stereocenters. The maximum Gasteiger partial charge on any atom is 0.125 e. The van der Waals surface area contributed by atoms with Crippen LogP contribution in [0.5, 0.6) is 5.75 Å². The monoisotopic (exact) mass is 231 g/mol. The molecule has 1 aromatic rings. The number of hydrogen-bond acceptors (Lipinski definition) is 2. The maximum absolute atomic E-state index is 6.14. The van der Waals surface area contributed by atoms with E-state index in [4.69, 9.17) is 4.74 Å². The van der Waals surface area contributed by atoms with Crippen LogP contribution in [-0.2, 0) is 12.8 Å².